The van der Waals surface area contributed by atoms with Gasteiger partial charge in [0.2, 0.25) is 0 Å². The van der Waals surface area contributed by atoms with Crippen LogP contribution < -0.4 is 0 Å². The zero-order valence-corrected chi connectivity index (χ0v) is 10.0. The Morgan fingerprint density at radius 3 is 2.47 bits per heavy atom. The highest BCUT2D eigenvalue weighted by Gasteiger charge is 2.41. The summed E-state index contributed by atoms with van der Waals surface area (Å²) in [7, 11) is 0. The highest BCUT2D eigenvalue weighted by atomic mass is 19.3. The molecule has 1 unspecified atom stereocenters. The van der Waals surface area contributed by atoms with E-state index in [1.54, 1.807) is 0 Å². The number of ether oxygens (including phenoxy) is 1. The van der Waals surface area contributed by atoms with Crippen LogP contribution in [0.2, 0.25) is 0 Å². The van der Waals surface area contributed by atoms with Gasteiger partial charge < -0.3 is 9.84 Å². The molecule has 1 aromatic carbocycles. The molecule has 0 aliphatic rings. The van der Waals surface area contributed by atoms with Crippen LogP contribution in [-0.4, -0.2) is 30.7 Å². The lowest BCUT2D eigenvalue weighted by molar-refractivity contribution is -0.170. The van der Waals surface area contributed by atoms with Crippen LogP contribution in [0.25, 0.3) is 0 Å². The lowest BCUT2D eigenvalue weighted by Crippen LogP contribution is -2.33. The number of aliphatic hydroxyl groups excluding tert-OH is 1. The van der Waals surface area contributed by atoms with E-state index in [0.29, 0.717) is 0 Å². The molecule has 0 aromatic heterocycles. The second-order valence-corrected chi connectivity index (χ2v) is 4.10. The molecule has 0 saturated carbocycles. The Kier molecular flexibility index (Phi) is 5.25. The fourth-order valence-electron chi connectivity index (χ4n) is 1.34. The average molecular weight is 284 g/mol. The second-order valence-electron chi connectivity index (χ2n) is 4.10. The predicted octanol–water partition coefficient (Wildman–Crippen LogP) is 3.08. The summed E-state index contributed by atoms with van der Waals surface area (Å²) in [6.45, 7) is -0.591. The normalized spacial score (nSPS) is 13.9. The highest BCUT2D eigenvalue weighted by Crippen LogP contribution is 2.24. The van der Waals surface area contributed by atoms with Crippen molar-refractivity contribution < 1.29 is 31.8 Å². The van der Waals surface area contributed by atoms with E-state index in [0.717, 1.165) is 6.07 Å². The molecular weight excluding hydrogens is 271 g/mol. The molecule has 1 N–H and O–H groups in total. The van der Waals surface area contributed by atoms with Gasteiger partial charge >= 0.3 is 12.3 Å². The second kappa shape index (κ2) is 6.29. The molecule has 0 amide bonds. The number of alkyl halides is 4. The van der Waals surface area contributed by atoms with E-state index < -0.39 is 37.5 Å². The van der Waals surface area contributed by atoms with Crippen LogP contribution in [0.1, 0.15) is 17.2 Å². The summed E-state index contributed by atoms with van der Waals surface area (Å²) in [6, 6.07) is 3.71. The molecule has 7 heteroatoms. The fraction of sp³-hybridized carbons (Fsp3) is 0.500. The van der Waals surface area contributed by atoms with Crippen LogP contribution >= 0.6 is 0 Å². The zero-order chi connectivity index (χ0) is 14.6. The predicted molar refractivity (Wildman–Crippen MR) is 57.9 cm³/mol. The van der Waals surface area contributed by atoms with Gasteiger partial charge in [0.15, 0.2) is 0 Å². The van der Waals surface area contributed by atoms with Crippen LogP contribution in [0, 0.1) is 12.7 Å². The number of hydrogen-bond acceptors (Lipinski definition) is 2. The Hall–Kier alpha value is -1.21. The lowest BCUT2D eigenvalue weighted by atomic mass is 10.1. The standard InChI is InChI=1S/C12H13F5O2/c1-7-4-8(2-3-9(7)13)10(18)5-19-6-12(16,17)11(14)15/h2-4,10-11,18H,5-6H2,1H3. The van der Waals surface area contributed by atoms with Crippen molar-refractivity contribution in [1.29, 1.82) is 0 Å². The number of halogens is 5. The fourth-order valence-corrected chi connectivity index (χ4v) is 1.34. The molecule has 0 aliphatic carbocycles. The van der Waals surface area contributed by atoms with Gasteiger partial charge in [-0.1, -0.05) is 12.1 Å². The van der Waals surface area contributed by atoms with Gasteiger partial charge in [-0.2, -0.15) is 8.78 Å². The van der Waals surface area contributed by atoms with Crippen molar-refractivity contribution in [3.8, 4) is 0 Å². The van der Waals surface area contributed by atoms with E-state index in [2.05, 4.69) is 4.74 Å². The van der Waals surface area contributed by atoms with Crippen molar-refractivity contribution in [3.05, 3.63) is 35.1 Å². The molecule has 0 spiro atoms. The number of rotatable bonds is 6. The molecule has 19 heavy (non-hydrogen) atoms. The van der Waals surface area contributed by atoms with Crippen molar-refractivity contribution in [2.75, 3.05) is 13.2 Å². The van der Waals surface area contributed by atoms with E-state index in [-0.39, 0.29) is 11.1 Å². The smallest absolute Gasteiger partial charge is 0.330 e. The van der Waals surface area contributed by atoms with Crippen molar-refractivity contribution in [3.63, 3.8) is 0 Å². The van der Waals surface area contributed by atoms with E-state index in [4.69, 9.17) is 0 Å². The summed E-state index contributed by atoms with van der Waals surface area (Å²) in [4.78, 5) is 0. The van der Waals surface area contributed by atoms with Gasteiger partial charge in [0.25, 0.3) is 0 Å². The molecule has 0 aliphatic heterocycles. The lowest BCUT2D eigenvalue weighted by Gasteiger charge is -2.17. The Morgan fingerprint density at radius 2 is 1.95 bits per heavy atom. The third kappa shape index (κ3) is 4.43. The minimum Gasteiger partial charge on any atom is -0.386 e. The van der Waals surface area contributed by atoms with Gasteiger partial charge in [-0.15, -0.1) is 0 Å². The SMILES string of the molecule is Cc1cc(C(O)COCC(F)(F)C(F)F)ccc1F. The number of aliphatic hydroxyl groups is 1. The number of aryl methyl sites for hydroxylation is 1. The molecule has 1 atom stereocenters. The monoisotopic (exact) mass is 284 g/mol. The minimum absolute atomic E-state index is 0.263. The van der Waals surface area contributed by atoms with Crippen molar-refractivity contribution >= 4 is 0 Å². The molecule has 1 rings (SSSR count). The van der Waals surface area contributed by atoms with Crippen molar-refractivity contribution in [1.82, 2.24) is 0 Å². The summed E-state index contributed by atoms with van der Waals surface area (Å²) in [5.74, 6) is -4.72. The summed E-state index contributed by atoms with van der Waals surface area (Å²) < 4.78 is 66.0. The van der Waals surface area contributed by atoms with Gasteiger partial charge in [0, 0.05) is 0 Å². The highest BCUT2D eigenvalue weighted by molar-refractivity contribution is 5.25. The maximum Gasteiger partial charge on any atom is 0.330 e. The van der Waals surface area contributed by atoms with Gasteiger partial charge in [-0.05, 0) is 24.1 Å². The molecule has 0 bridgehead atoms. The molecule has 108 valence electrons. The van der Waals surface area contributed by atoms with Gasteiger partial charge in [0.1, 0.15) is 18.5 Å². The first-order valence-electron chi connectivity index (χ1n) is 5.42. The van der Waals surface area contributed by atoms with E-state index in [1.165, 1.54) is 19.1 Å². The van der Waals surface area contributed by atoms with Crippen LogP contribution in [-0.2, 0) is 4.74 Å². The van der Waals surface area contributed by atoms with Gasteiger partial charge in [-0.3, -0.25) is 0 Å². The maximum atomic E-state index is 13.0. The Labute approximate surface area is 106 Å². The third-order valence-electron chi connectivity index (χ3n) is 2.46. The first-order chi connectivity index (χ1) is 8.74. The van der Waals surface area contributed by atoms with E-state index in [1.807, 2.05) is 0 Å². The zero-order valence-electron chi connectivity index (χ0n) is 10.0. The van der Waals surface area contributed by atoms with Crippen LogP contribution in [0.5, 0.6) is 0 Å². The summed E-state index contributed by atoms with van der Waals surface area (Å²) in [5.41, 5.74) is 0.536. The molecular formula is C12H13F5O2. The molecule has 2 nitrogen and oxygen atoms in total. The van der Waals surface area contributed by atoms with E-state index in [9.17, 15) is 27.1 Å². The first kappa shape index (κ1) is 15.8. The topological polar surface area (TPSA) is 29.5 Å². The minimum atomic E-state index is -4.25. The largest absolute Gasteiger partial charge is 0.386 e. The summed E-state index contributed by atoms with van der Waals surface area (Å²) in [5, 5.41) is 9.59. The van der Waals surface area contributed by atoms with E-state index >= 15 is 0 Å². The molecule has 0 heterocycles. The Balaban J connectivity index is 2.52. The maximum absolute atomic E-state index is 13.0. The van der Waals surface area contributed by atoms with Crippen LogP contribution in [0.4, 0.5) is 22.0 Å². The number of benzene rings is 1. The Morgan fingerprint density at radius 1 is 1.32 bits per heavy atom. The quantitative estimate of drug-likeness (QED) is 0.813. The molecule has 0 fully saturated rings. The molecule has 0 radical (unpaired) electrons. The van der Waals surface area contributed by atoms with Gasteiger partial charge in [0.05, 0.1) is 6.61 Å². The Bertz CT molecular complexity index is 423. The van der Waals surface area contributed by atoms with Crippen molar-refractivity contribution in [2.45, 2.75) is 25.4 Å². The molecule has 0 saturated heterocycles. The average Bonchev–Trinajstić information content (AvgIpc) is 2.32. The van der Waals surface area contributed by atoms with Gasteiger partial charge in [-0.25, -0.2) is 13.2 Å². The van der Waals surface area contributed by atoms with Crippen LogP contribution in [0.3, 0.4) is 0 Å². The third-order valence-corrected chi connectivity index (χ3v) is 2.46. The first-order valence-corrected chi connectivity index (χ1v) is 5.42. The van der Waals surface area contributed by atoms with Crippen molar-refractivity contribution in [2.24, 2.45) is 0 Å². The summed E-state index contributed by atoms with van der Waals surface area (Å²) in [6.07, 6.45) is -5.11. The molecule has 1 aromatic rings. The number of hydrogen-bond donors (Lipinski definition) is 1. The summed E-state index contributed by atoms with van der Waals surface area (Å²) >= 11 is 0. The van der Waals surface area contributed by atoms with Crippen LogP contribution in [0.15, 0.2) is 18.2 Å².